The first kappa shape index (κ1) is 12.1. The second-order valence-electron chi connectivity index (χ2n) is 3.51. The average Bonchev–Trinajstić information content (AvgIpc) is 2.21. The summed E-state index contributed by atoms with van der Waals surface area (Å²) in [7, 11) is 0. The second kappa shape index (κ2) is 6.53. The summed E-state index contributed by atoms with van der Waals surface area (Å²) in [5, 5.41) is 2.74. The van der Waals surface area contributed by atoms with E-state index in [1.165, 1.54) is 4.90 Å². The van der Waals surface area contributed by atoms with Gasteiger partial charge in [-0.2, -0.15) is 0 Å². The molecule has 0 spiro atoms. The van der Waals surface area contributed by atoms with Crippen molar-refractivity contribution in [2.24, 2.45) is 0 Å². The molecule has 1 fully saturated rings. The van der Waals surface area contributed by atoms with Crippen molar-refractivity contribution in [3.8, 4) is 0 Å². The fourth-order valence-corrected chi connectivity index (χ4v) is 1.36. The zero-order chi connectivity index (χ0) is 11.1. The molecule has 0 unspecified atom stereocenters. The van der Waals surface area contributed by atoms with E-state index in [-0.39, 0.29) is 24.9 Å². The number of rotatable bonds is 6. The number of hydrogen-bond acceptors (Lipinski definition) is 4. The molecule has 86 valence electrons. The zero-order valence-corrected chi connectivity index (χ0v) is 9.12. The maximum atomic E-state index is 11.3. The SMILES string of the molecule is CCCCOCCN1C(=O)CNCC1=O. The van der Waals surface area contributed by atoms with Crippen LogP contribution in [-0.2, 0) is 14.3 Å². The highest BCUT2D eigenvalue weighted by molar-refractivity contribution is 5.99. The number of ether oxygens (including phenoxy) is 1. The van der Waals surface area contributed by atoms with E-state index >= 15 is 0 Å². The molecule has 0 saturated carbocycles. The largest absolute Gasteiger partial charge is 0.380 e. The van der Waals surface area contributed by atoms with Crippen molar-refractivity contribution in [3.05, 3.63) is 0 Å². The normalized spacial score (nSPS) is 17.3. The average molecular weight is 214 g/mol. The summed E-state index contributed by atoms with van der Waals surface area (Å²) in [5.41, 5.74) is 0. The van der Waals surface area contributed by atoms with Gasteiger partial charge in [-0.1, -0.05) is 13.3 Å². The summed E-state index contributed by atoms with van der Waals surface area (Å²) >= 11 is 0. The standard InChI is InChI=1S/C10H18N2O3/c1-2-3-5-15-6-4-12-9(13)7-11-8-10(12)14/h11H,2-8H2,1H3. The van der Waals surface area contributed by atoms with Gasteiger partial charge in [0, 0.05) is 6.61 Å². The number of carbonyl (C=O) groups is 2. The van der Waals surface area contributed by atoms with Crippen molar-refractivity contribution in [1.29, 1.82) is 0 Å². The smallest absolute Gasteiger partial charge is 0.243 e. The minimum Gasteiger partial charge on any atom is -0.380 e. The van der Waals surface area contributed by atoms with Gasteiger partial charge in [0.2, 0.25) is 11.8 Å². The molecular weight excluding hydrogens is 196 g/mol. The third-order valence-corrected chi connectivity index (χ3v) is 2.26. The number of hydrogen-bond donors (Lipinski definition) is 1. The highest BCUT2D eigenvalue weighted by Crippen LogP contribution is 1.96. The quantitative estimate of drug-likeness (QED) is 0.490. The van der Waals surface area contributed by atoms with Crippen LogP contribution in [0.1, 0.15) is 19.8 Å². The first-order chi connectivity index (χ1) is 7.25. The Morgan fingerprint density at radius 3 is 2.53 bits per heavy atom. The number of amides is 2. The Morgan fingerprint density at radius 1 is 1.27 bits per heavy atom. The maximum Gasteiger partial charge on any atom is 0.243 e. The number of carbonyl (C=O) groups excluding carboxylic acids is 2. The molecule has 1 heterocycles. The topological polar surface area (TPSA) is 58.6 Å². The minimum absolute atomic E-state index is 0.162. The van der Waals surface area contributed by atoms with Crippen LogP contribution < -0.4 is 5.32 Å². The van der Waals surface area contributed by atoms with Gasteiger partial charge in [-0.05, 0) is 6.42 Å². The van der Waals surface area contributed by atoms with Crippen molar-refractivity contribution in [2.45, 2.75) is 19.8 Å². The first-order valence-corrected chi connectivity index (χ1v) is 5.37. The van der Waals surface area contributed by atoms with Crippen LogP contribution in [0.5, 0.6) is 0 Å². The van der Waals surface area contributed by atoms with Gasteiger partial charge in [-0.3, -0.25) is 19.8 Å². The molecule has 1 rings (SSSR count). The summed E-state index contributed by atoms with van der Waals surface area (Å²) < 4.78 is 5.31. The number of piperazine rings is 1. The van der Waals surface area contributed by atoms with Crippen LogP contribution in [0.3, 0.4) is 0 Å². The van der Waals surface area contributed by atoms with Crippen LogP contribution in [-0.4, -0.2) is 49.6 Å². The predicted molar refractivity (Wildman–Crippen MR) is 55.3 cm³/mol. The molecule has 0 bridgehead atoms. The second-order valence-corrected chi connectivity index (χ2v) is 3.51. The van der Waals surface area contributed by atoms with Crippen molar-refractivity contribution in [1.82, 2.24) is 10.2 Å². The lowest BCUT2D eigenvalue weighted by atomic mass is 10.3. The summed E-state index contributed by atoms with van der Waals surface area (Å²) in [6, 6.07) is 0. The molecule has 1 aliphatic heterocycles. The molecule has 0 aliphatic carbocycles. The third-order valence-electron chi connectivity index (χ3n) is 2.26. The minimum atomic E-state index is -0.162. The van der Waals surface area contributed by atoms with Gasteiger partial charge < -0.3 is 4.74 Å². The Morgan fingerprint density at radius 2 is 1.93 bits per heavy atom. The Labute approximate surface area is 89.8 Å². The highest BCUT2D eigenvalue weighted by atomic mass is 16.5. The number of nitrogens with zero attached hydrogens (tertiary/aromatic N) is 1. The van der Waals surface area contributed by atoms with Gasteiger partial charge in [0.25, 0.3) is 0 Å². The molecule has 1 aliphatic rings. The molecule has 15 heavy (non-hydrogen) atoms. The molecule has 5 nitrogen and oxygen atoms in total. The van der Waals surface area contributed by atoms with Gasteiger partial charge in [0.1, 0.15) is 0 Å². The third kappa shape index (κ3) is 3.97. The lowest BCUT2D eigenvalue weighted by molar-refractivity contribution is -0.147. The molecule has 2 amide bonds. The van der Waals surface area contributed by atoms with E-state index in [1.54, 1.807) is 0 Å². The van der Waals surface area contributed by atoms with Crippen LogP contribution in [0.2, 0.25) is 0 Å². The molecule has 0 aromatic rings. The van der Waals surface area contributed by atoms with E-state index in [9.17, 15) is 9.59 Å². The Balaban J connectivity index is 2.18. The fourth-order valence-electron chi connectivity index (χ4n) is 1.36. The summed E-state index contributed by atoms with van der Waals surface area (Å²) in [4.78, 5) is 23.9. The van der Waals surface area contributed by atoms with Crippen molar-refractivity contribution in [2.75, 3.05) is 32.8 Å². The van der Waals surface area contributed by atoms with Crippen LogP contribution in [0.25, 0.3) is 0 Å². The number of imide groups is 1. The summed E-state index contributed by atoms with van der Waals surface area (Å²) in [6.07, 6.45) is 2.11. The number of nitrogens with one attached hydrogen (secondary N) is 1. The fraction of sp³-hybridized carbons (Fsp3) is 0.800. The molecule has 1 N–H and O–H groups in total. The van der Waals surface area contributed by atoms with Crippen LogP contribution in [0, 0.1) is 0 Å². The molecule has 0 atom stereocenters. The molecule has 0 aromatic carbocycles. The van der Waals surface area contributed by atoms with Crippen LogP contribution in [0.4, 0.5) is 0 Å². The highest BCUT2D eigenvalue weighted by Gasteiger charge is 2.24. The Bertz CT molecular complexity index is 215. The van der Waals surface area contributed by atoms with E-state index in [4.69, 9.17) is 4.74 Å². The van der Waals surface area contributed by atoms with E-state index < -0.39 is 0 Å². The van der Waals surface area contributed by atoms with Gasteiger partial charge in [0.15, 0.2) is 0 Å². The monoisotopic (exact) mass is 214 g/mol. The summed E-state index contributed by atoms with van der Waals surface area (Å²) in [6.45, 7) is 4.11. The molecular formula is C10H18N2O3. The van der Waals surface area contributed by atoms with Gasteiger partial charge in [-0.15, -0.1) is 0 Å². The van der Waals surface area contributed by atoms with E-state index in [2.05, 4.69) is 12.2 Å². The van der Waals surface area contributed by atoms with Gasteiger partial charge in [0.05, 0.1) is 26.2 Å². The van der Waals surface area contributed by atoms with Crippen molar-refractivity contribution >= 4 is 11.8 Å². The number of unbranched alkanes of at least 4 members (excludes halogenated alkanes) is 1. The first-order valence-electron chi connectivity index (χ1n) is 5.37. The molecule has 0 aromatic heterocycles. The van der Waals surface area contributed by atoms with Gasteiger partial charge in [-0.25, -0.2) is 0 Å². The van der Waals surface area contributed by atoms with Crippen molar-refractivity contribution < 1.29 is 14.3 Å². The van der Waals surface area contributed by atoms with Crippen LogP contribution in [0.15, 0.2) is 0 Å². The van der Waals surface area contributed by atoms with E-state index in [0.717, 1.165) is 12.8 Å². The lowest BCUT2D eigenvalue weighted by Crippen LogP contribution is -2.52. The van der Waals surface area contributed by atoms with E-state index in [1.807, 2.05) is 0 Å². The molecule has 5 heteroatoms. The Kier molecular flexibility index (Phi) is 5.28. The molecule has 1 saturated heterocycles. The zero-order valence-electron chi connectivity index (χ0n) is 9.12. The predicted octanol–water partition coefficient (Wildman–Crippen LogP) is -0.238. The van der Waals surface area contributed by atoms with Crippen molar-refractivity contribution in [3.63, 3.8) is 0 Å². The maximum absolute atomic E-state index is 11.3. The Hall–Kier alpha value is -0.940. The summed E-state index contributed by atoms with van der Waals surface area (Å²) in [5.74, 6) is -0.323. The van der Waals surface area contributed by atoms with Gasteiger partial charge >= 0.3 is 0 Å². The van der Waals surface area contributed by atoms with E-state index in [0.29, 0.717) is 19.8 Å². The molecule has 0 radical (unpaired) electrons. The lowest BCUT2D eigenvalue weighted by Gasteiger charge is -2.25. The van der Waals surface area contributed by atoms with Crippen LogP contribution >= 0.6 is 0 Å².